The van der Waals surface area contributed by atoms with Crippen LogP contribution >= 0.6 is 0 Å². The summed E-state index contributed by atoms with van der Waals surface area (Å²) in [5.74, 6) is -0.861. The van der Waals surface area contributed by atoms with Gasteiger partial charge in [-0.1, -0.05) is 60.7 Å². The molecule has 0 aromatic heterocycles. The molecule has 3 aromatic carbocycles. The van der Waals surface area contributed by atoms with Gasteiger partial charge in [0.2, 0.25) is 10.0 Å². The predicted octanol–water partition coefficient (Wildman–Crippen LogP) is 5.05. The van der Waals surface area contributed by atoms with Crippen LogP contribution in [0.15, 0.2) is 77.7 Å². The highest BCUT2D eigenvalue weighted by Gasteiger charge is 2.25. The van der Waals surface area contributed by atoms with Crippen LogP contribution < -0.4 is 5.32 Å². The van der Waals surface area contributed by atoms with E-state index in [2.05, 4.69) is 31.3 Å². The quantitative estimate of drug-likeness (QED) is 0.238. The van der Waals surface area contributed by atoms with Crippen LogP contribution in [0.2, 0.25) is 0 Å². The highest BCUT2D eigenvalue weighted by molar-refractivity contribution is 7.89. The number of aliphatic hydroxyl groups is 1. The Hall–Kier alpha value is -3.04. The topological polar surface area (TPSA) is 107 Å². The lowest BCUT2D eigenvalue weighted by Gasteiger charge is -2.29. The number of nitrogens with one attached hydrogen (secondary N) is 1. The molecule has 0 radical (unpaired) electrons. The molecule has 0 fully saturated rings. The summed E-state index contributed by atoms with van der Waals surface area (Å²) >= 11 is 0. The summed E-state index contributed by atoms with van der Waals surface area (Å²) in [6, 6.07) is 22.9. The fourth-order valence-corrected chi connectivity index (χ4v) is 6.14. The first kappa shape index (κ1) is 31.5. The van der Waals surface area contributed by atoms with Crippen LogP contribution in [0.1, 0.15) is 49.8 Å². The predicted molar refractivity (Wildman–Crippen MR) is 160 cm³/mol. The van der Waals surface area contributed by atoms with E-state index < -0.39 is 22.1 Å². The number of sulfonamides is 1. The van der Waals surface area contributed by atoms with Crippen molar-refractivity contribution in [2.24, 2.45) is 0 Å². The van der Waals surface area contributed by atoms with Gasteiger partial charge in [-0.05, 0) is 86.4 Å². The smallest absolute Gasteiger partial charge is 0.303 e. The number of aryl methyl sites for hydroxylation is 3. The number of rotatable bonds is 15. The average molecular weight is 567 g/mol. The van der Waals surface area contributed by atoms with Gasteiger partial charge < -0.3 is 15.5 Å². The SMILES string of the molecule is Cc1cc(S(=O)(=O)N(C)C[C@H](O)CNC(C)(C)CCCc2ccccc2)ccc1-c1ccccc1CCC(=O)O. The summed E-state index contributed by atoms with van der Waals surface area (Å²) in [5, 5.41) is 23.1. The molecule has 40 heavy (non-hydrogen) atoms. The standard InChI is InChI=1S/C32H42N2O5S/c1-24-21-28(17-18-29(24)30-15-9-8-14-26(30)16-19-31(36)37)40(38,39)34(4)23-27(35)22-33-32(2,3)20-10-13-25-11-6-5-7-12-25/h5-9,11-12,14-15,17-18,21,27,33,35H,10,13,16,19-20,22-23H2,1-4H3,(H,36,37)/t27-/m1/s1. The first-order valence-electron chi connectivity index (χ1n) is 13.7. The van der Waals surface area contributed by atoms with Crippen LogP contribution in [0, 0.1) is 6.92 Å². The Bertz CT molecular complexity index is 1370. The summed E-state index contributed by atoms with van der Waals surface area (Å²) in [6.07, 6.45) is 2.47. The number of carboxylic acids is 1. The summed E-state index contributed by atoms with van der Waals surface area (Å²) < 4.78 is 27.8. The normalized spacial score (nSPS) is 12.9. The second-order valence-corrected chi connectivity index (χ2v) is 13.1. The largest absolute Gasteiger partial charge is 0.481 e. The maximum Gasteiger partial charge on any atom is 0.303 e. The lowest BCUT2D eigenvalue weighted by molar-refractivity contribution is -0.136. The Labute approximate surface area is 238 Å². The maximum atomic E-state index is 13.3. The average Bonchev–Trinajstić information content (AvgIpc) is 2.91. The highest BCUT2D eigenvalue weighted by atomic mass is 32.2. The molecule has 1 atom stereocenters. The summed E-state index contributed by atoms with van der Waals surface area (Å²) in [5.41, 5.74) is 4.54. The van der Waals surface area contributed by atoms with E-state index in [1.807, 2.05) is 49.4 Å². The third-order valence-corrected chi connectivity index (χ3v) is 9.04. The van der Waals surface area contributed by atoms with Crippen LogP contribution in [-0.4, -0.2) is 60.7 Å². The lowest BCUT2D eigenvalue weighted by atomic mass is 9.94. The highest BCUT2D eigenvalue weighted by Crippen LogP contribution is 2.30. The summed E-state index contributed by atoms with van der Waals surface area (Å²) in [6.45, 7) is 6.28. The van der Waals surface area contributed by atoms with Crippen LogP contribution in [-0.2, 0) is 27.7 Å². The maximum absolute atomic E-state index is 13.3. The number of likely N-dealkylation sites (N-methyl/N-ethyl adjacent to an activating group) is 1. The van der Waals surface area contributed by atoms with Gasteiger partial charge in [-0.3, -0.25) is 4.79 Å². The monoisotopic (exact) mass is 566 g/mol. The third kappa shape index (κ3) is 8.99. The van der Waals surface area contributed by atoms with Crippen molar-refractivity contribution in [2.75, 3.05) is 20.1 Å². The number of aliphatic hydroxyl groups excluding tert-OH is 1. The second-order valence-electron chi connectivity index (χ2n) is 11.1. The minimum Gasteiger partial charge on any atom is -0.481 e. The van der Waals surface area contributed by atoms with Crippen molar-refractivity contribution in [3.8, 4) is 11.1 Å². The van der Waals surface area contributed by atoms with E-state index in [-0.39, 0.29) is 29.9 Å². The van der Waals surface area contributed by atoms with E-state index in [1.165, 1.54) is 16.9 Å². The molecule has 216 valence electrons. The Morgan fingerprint density at radius 2 is 1.65 bits per heavy atom. The third-order valence-electron chi connectivity index (χ3n) is 7.22. The van der Waals surface area contributed by atoms with Gasteiger partial charge in [0.1, 0.15) is 0 Å². The van der Waals surface area contributed by atoms with E-state index in [4.69, 9.17) is 5.11 Å². The number of carboxylic acid groups (broad SMARTS) is 1. The second kappa shape index (κ2) is 14.0. The van der Waals surface area contributed by atoms with Crippen molar-refractivity contribution >= 4 is 16.0 Å². The van der Waals surface area contributed by atoms with Crippen molar-refractivity contribution in [2.45, 2.75) is 69.4 Å². The van der Waals surface area contributed by atoms with Gasteiger partial charge in [-0.2, -0.15) is 4.31 Å². The van der Waals surface area contributed by atoms with Crippen LogP contribution in [0.5, 0.6) is 0 Å². The molecule has 0 saturated carbocycles. The first-order valence-corrected chi connectivity index (χ1v) is 15.2. The molecule has 3 N–H and O–H groups in total. The van der Waals surface area contributed by atoms with Crippen LogP contribution in [0.4, 0.5) is 0 Å². The molecular formula is C32H42N2O5S. The number of nitrogens with zero attached hydrogens (tertiary/aromatic N) is 1. The molecule has 0 unspecified atom stereocenters. The number of aliphatic carboxylic acids is 1. The van der Waals surface area contributed by atoms with Crippen LogP contribution in [0.25, 0.3) is 11.1 Å². The van der Waals surface area contributed by atoms with Gasteiger partial charge in [-0.25, -0.2) is 8.42 Å². The zero-order valence-corrected chi connectivity index (χ0v) is 24.7. The molecule has 3 aromatic rings. The zero-order chi connectivity index (χ0) is 29.3. The van der Waals surface area contributed by atoms with E-state index in [9.17, 15) is 18.3 Å². The van der Waals surface area contributed by atoms with E-state index >= 15 is 0 Å². The van der Waals surface area contributed by atoms with E-state index in [1.54, 1.807) is 18.2 Å². The fraction of sp³-hybridized carbons (Fsp3) is 0.406. The summed E-state index contributed by atoms with van der Waals surface area (Å²) in [7, 11) is -2.34. The molecule has 0 heterocycles. The van der Waals surface area contributed by atoms with Gasteiger partial charge in [0, 0.05) is 32.1 Å². The molecular weight excluding hydrogens is 524 g/mol. The molecule has 0 aliphatic rings. The number of benzene rings is 3. The fourth-order valence-electron chi connectivity index (χ4n) is 4.84. The van der Waals surface area contributed by atoms with E-state index in [0.29, 0.717) is 6.42 Å². The molecule has 0 bridgehead atoms. The van der Waals surface area contributed by atoms with Crippen molar-refractivity contribution in [3.63, 3.8) is 0 Å². The van der Waals surface area contributed by atoms with Crippen molar-refractivity contribution in [1.82, 2.24) is 9.62 Å². The van der Waals surface area contributed by atoms with Gasteiger partial charge in [0.05, 0.1) is 11.0 Å². The van der Waals surface area contributed by atoms with Crippen molar-refractivity contribution < 1.29 is 23.4 Å². The number of β-amino-alcohol motifs (C(OH)–C–C–N with tert-alkyl or cyclic N) is 1. The zero-order valence-electron chi connectivity index (χ0n) is 23.9. The number of hydrogen-bond acceptors (Lipinski definition) is 5. The molecule has 0 spiro atoms. The Balaban J connectivity index is 1.59. The van der Waals surface area contributed by atoms with Gasteiger partial charge in [0.25, 0.3) is 0 Å². The molecule has 8 heteroatoms. The minimum absolute atomic E-state index is 0.0232. The lowest BCUT2D eigenvalue weighted by Crippen LogP contribution is -2.46. The molecule has 0 aliphatic carbocycles. The Kier molecular flexibility index (Phi) is 11.0. The molecule has 0 amide bonds. The van der Waals surface area contributed by atoms with Gasteiger partial charge >= 0.3 is 5.97 Å². The molecule has 3 rings (SSSR count). The number of carbonyl (C=O) groups is 1. The Morgan fingerprint density at radius 3 is 2.33 bits per heavy atom. The van der Waals surface area contributed by atoms with E-state index in [0.717, 1.165) is 41.5 Å². The Morgan fingerprint density at radius 1 is 0.975 bits per heavy atom. The summed E-state index contributed by atoms with van der Waals surface area (Å²) in [4.78, 5) is 11.2. The van der Waals surface area contributed by atoms with Gasteiger partial charge in [-0.15, -0.1) is 0 Å². The number of hydrogen-bond donors (Lipinski definition) is 3. The molecule has 7 nitrogen and oxygen atoms in total. The van der Waals surface area contributed by atoms with Crippen molar-refractivity contribution in [3.05, 3.63) is 89.5 Å². The molecule has 0 saturated heterocycles. The first-order chi connectivity index (χ1) is 18.9. The molecule has 0 aliphatic heterocycles. The minimum atomic E-state index is -3.82. The van der Waals surface area contributed by atoms with Gasteiger partial charge in [0.15, 0.2) is 0 Å². The van der Waals surface area contributed by atoms with Crippen LogP contribution in [0.3, 0.4) is 0 Å². The van der Waals surface area contributed by atoms with Crippen molar-refractivity contribution in [1.29, 1.82) is 0 Å².